The number of aromatic amines is 1. The largest absolute Gasteiger partial charge is 0.423 e. The molecule has 2 aromatic rings. The topological polar surface area (TPSA) is 116 Å². The van der Waals surface area contributed by atoms with Crippen LogP contribution in [-0.4, -0.2) is 75.4 Å². The Labute approximate surface area is 212 Å². The maximum Gasteiger partial charge on any atom is 0.423 e. The highest BCUT2D eigenvalue weighted by atomic mass is 19.4. The Morgan fingerprint density at radius 3 is 2.54 bits per heavy atom. The third-order valence-corrected chi connectivity index (χ3v) is 6.64. The van der Waals surface area contributed by atoms with Crippen LogP contribution in [0.2, 0.25) is 0 Å². The Bertz CT molecular complexity index is 1140. The van der Waals surface area contributed by atoms with E-state index in [1.165, 1.54) is 18.4 Å². The van der Waals surface area contributed by atoms with Crippen molar-refractivity contribution in [3.8, 4) is 0 Å². The van der Waals surface area contributed by atoms with E-state index in [2.05, 4.69) is 25.3 Å². The average molecular weight is 524 g/mol. The number of hydrogen-bond donors (Lipinski definition) is 2. The number of H-pyrrole nitrogens is 1. The molecule has 1 saturated heterocycles. The zero-order valence-corrected chi connectivity index (χ0v) is 21.1. The number of halogens is 3. The van der Waals surface area contributed by atoms with E-state index in [1.54, 1.807) is 12.0 Å². The van der Waals surface area contributed by atoms with Crippen LogP contribution in [0.3, 0.4) is 0 Å². The van der Waals surface area contributed by atoms with Crippen LogP contribution in [0.4, 0.5) is 24.8 Å². The summed E-state index contributed by atoms with van der Waals surface area (Å²) in [6, 6.07) is -0.545. The van der Waals surface area contributed by atoms with Gasteiger partial charge in [0.2, 0.25) is 11.9 Å². The molecule has 2 aliphatic rings. The Balaban J connectivity index is 1.23. The van der Waals surface area contributed by atoms with Crippen molar-refractivity contribution in [2.75, 3.05) is 36.5 Å². The normalized spacial score (nSPS) is 21.1. The maximum atomic E-state index is 13.2. The van der Waals surface area contributed by atoms with Gasteiger partial charge in [-0.2, -0.15) is 18.3 Å². The second-order valence-electron chi connectivity index (χ2n) is 9.84. The van der Waals surface area contributed by atoms with Crippen molar-refractivity contribution < 1.29 is 22.7 Å². The summed E-state index contributed by atoms with van der Waals surface area (Å²) in [4.78, 5) is 37.5. The summed E-state index contributed by atoms with van der Waals surface area (Å²) >= 11 is 0. The fourth-order valence-electron chi connectivity index (χ4n) is 4.52. The molecule has 10 nitrogen and oxygen atoms in total. The van der Waals surface area contributed by atoms with Crippen molar-refractivity contribution in [2.45, 2.75) is 70.3 Å². The highest BCUT2D eigenvalue weighted by Crippen LogP contribution is 2.39. The van der Waals surface area contributed by atoms with Crippen LogP contribution in [0.1, 0.15) is 57.1 Å². The summed E-state index contributed by atoms with van der Waals surface area (Å²) in [5.41, 5.74) is -1.90. The standard InChI is InChI=1S/C24H32F3N7O3/c1-14(31-19-10-30-32-22(36)21(19)24(25,26)27)13-37-7-6-20(35)33-11-16(3)34(12-15(33)2)23-28-8-18(9-29-23)17-4-5-17/h8-10,14-17H,4-7,11-13H2,1-3H3,(H2,31,32,36)/t14?,15-,16+/m0/s1. The van der Waals surface area contributed by atoms with Gasteiger partial charge >= 0.3 is 6.18 Å². The SMILES string of the molecule is CC(COCCC(=O)N1C[C@@H](C)N(c2ncc(C3CC3)cn2)C[C@@H]1C)Nc1cn[nH]c(=O)c1C(F)(F)F. The summed E-state index contributed by atoms with van der Waals surface area (Å²) < 4.78 is 45.1. The van der Waals surface area contributed by atoms with E-state index < -0.39 is 29.0 Å². The molecule has 1 unspecified atom stereocenters. The molecule has 1 saturated carbocycles. The molecule has 3 heterocycles. The summed E-state index contributed by atoms with van der Waals surface area (Å²) in [6.45, 7) is 6.95. The van der Waals surface area contributed by atoms with Gasteiger partial charge in [0.05, 0.1) is 31.5 Å². The van der Waals surface area contributed by atoms with E-state index in [-0.39, 0.29) is 37.6 Å². The number of nitrogens with zero attached hydrogens (tertiary/aromatic N) is 5. The van der Waals surface area contributed by atoms with Gasteiger partial charge in [0.15, 0.2) is 0 Å². The van der Waals surface area contributed by atoms with Crippen molar-refractivity contribution in [3.63, 3.8) is 0 Å². The first-order valence-electron chi connectivity index (χ1n) is 12.4. The Morgan fingerprint density at radius 1 is 1.19 bits per heavy atom. The van der Waals surface area contributed by atoms with Crippen LogP contribution in [0.5, 0.6) is 0 Å². The molecule has 37 heavy (non-hydrogen) atoms. The van der Waals surface area contributed by atoms with E-state index in [0.29, 0.717) is 25.0 Å². The molecule has 0 bridgehead atoms. The Morgan fingerprint density at radius 2 is 1.89 bits per heavy atom. The molecule has 2 fully saturated rings. The lowest BCUT2D eigenvalue weighted by molar-refractivity contribution is -0.138. The van der Waals surface area contributed by atoms with Crippen molar-refractivity contribution in [3.05, 3.63) is 40.1 Å². The fraction of sp³-hybridized carbons (Fsp3) is 0.625. The molecule has 1 aliphatic heterocycles. The van der Waals surface area contributed by atoms with Gasteiger partial charge in [0.25, 0.3) is 5.56 Å². The van der Waals surface area contributed by atoms with Crippen LogP contribution in [0, 0.1) is 0 Å². The van der Waals surface area contributed by atoms with Gasteiger partial charge in [-0.3, -0.25) is 9.59 Å². The second kappa shape index (κ2) is 11.0. The first-order chi connectivity index (χ1) is 17.5. The van der Waals surface area contributed by atoms with Crippen molar-refractivity contribution in [1.82, 2.24) is 25.1 Å². The number of anilines is 2. The molecule has 1 aliphatic carbocycles. The van der Waals surface area contributed by atoms with E-state index in [4.69, 9.17) is 4.74 Å². The quantitative estimate of drug-likeness (QED) is 0.482. The van der Waals surface area contributed by atoms with Gasteiger partial charge in [-0.15, -0.1) is 0 Å². The predicted molar refractivity (Wildman–Crippen MR) is 130 cm³/mol. The average Bonchev–Trinajstić information content (AvgIpc) is 3.68. The molecule has 4 rings (SSSR count). The number of aromatic nitrogens is 4. The minimum absolute atomic E-state index is 0.0412. The number of alkyl halides is 3. The molecule has 3 atom stereocenters. The van der Waals surface area contributed by atoms with E-state index >= 15 is 0 Å². The highest BCUT2D eigenvalue weighted by Gasteiger charge is 2.38. The van der Waals surface area contributed by atoms with Crippen LogP contribution in [-0.2, 0) is 15.7 Å². The van der Waals surface area contributed by atoms with Gasteiger partial charge < -0.3 is 19.9 Å². The molecule has 202 valence electrons. The third kappa shape index (κ3) is 6.56. The monoisotopic (exact) mass is 523 g/mol. The first-order valence-corrected chi connectivity index (χ1v) is 12.4. The first kappa shape index (κ1) is 26.8. The van der Waals surface area contributed by atoms with Crippen LogP contribution in [0.25, 0.3) is 0 Å². The summed E-state index contributed by atoms with van der Waals surface area (Å²) in [5.74, 6) is 1.21. The van der Waals surface area contributed by atoms with Crippen LogP contribution < -0.4 is 15.8 Å². The summed E-state index contributed by atoms with van der Waals surface area (Å²) in [7, 11) is 0. The fourth-order valence-corrected chi connectivity index (χ4v) is 4.52. The lowest BCUT2D eigenvalue weighted by Gasteiger charge is -2.44. The van der Waals surface area contributed by atoms with Crippen LogP contribution in [0.15, 0.2) is 23.4 Å². The van der Waals surface area contributed by atoms with Gasteiger partial charge in [-0.1, -0.05) is 0 Å². The predicted octanol–water partition coefficient (Wildman–Crippen LogP) is 2.79. The molecule has 2 N–H and O–H groups in total. The molecule has 2 aromatic heterocycles. The number of nitrogens with one attached hydrogen (secondary N) is 2. The number of carbonyl (C=O) groups is 1. The van der Waals surface area contributed by atoms with E-state index in [1.807, 2.05) is 31.1 Å². The molecule has 1 amide bonds. The Kier molecular flexibility index (Phi) is 8.00. The number of carbonyl (C=O) groups excluding carboxylic acids is 1. The van der Waals surface area contributed by atoms with Gasteiger partial charge in [-0.25, -0.2) is 15.1 Å². The van der Waals surface area contributed by atoms with Crippen molar-refractivity contribution >= 4 is 17.5 Å². The number of amides is 1. The second-order valence-corrected chi connectivity index (χ2v) is 9.84. The maximum absolute atomic E-state index is 13.2. The molecule has 0 aromatic carbocycles. The molecule has 13 heteroatoms. The van der Waals surface area contributed by atoms with E-state index in [9.17, 15) is 22.8 Å². The van der Waals surface area contributed by atoms with Crippen molar-refractivity contribution in [2.24, 2.45) is 0 Å². The third-order valence-electron chi connectivity index (χ3n) is 6.64. The number of piperazine rings is 1. The van der Waals surface area contributed by atoms with Gasteiger partial charge in [-0.05, 0) is 45.1 Å². The number of hydrogen-bond acceptors (Lipinski definition) is 8. The molecule has 0 spiro atoms. The zero-order valence-electron chi connectivity index (χ0n) is 21.1. The lowest BCUT2D eigenvalue weighted by Crippen LogP contribution is -2.58. The van der Waals surface area contributed by atoms with E-state index in [0.717, 1.165) is 6.20 Å². The minimum Gasteiger partial charge on any atom is -0.379 e. The highest BCUT2D eigenvalue weighted by molar-refractivity contribution is 5.77. The smallest absolute Gasteiger partial charge is 0.379 e. The molecular formula is C24H32F3N7O3. The molecular weight excluding hydrogens is 491 g/mol. The lowest BCUT2D eigenvalue weighted by atomic mass is 10.1. The summed E-state index contributed by atoms with van der Waals surface area (Å²) in [6.07, 6.45) is 2.43. The minimum atomic E-state index is -4.82. The number of ether oxygens (including phenoxy) is 1. The Hall–Kier alpha value is -3.22. The zero-order chi connectivity index (χ0) is 26.7. The van der Waals surface area contributed by atoms with Gasteiger partial charge in [0, 0.05) is 43.6 Å². The number of rotatable bonds is 9. The van der Waals surface area contributed by atoms with Gasteiger partial charge in [0.1, 0.15) is 5.56 Å². The summed E-state index contributed by atoms with van der Waals surface area (Å²) in [5, 5.41) is 7.84. The molecule has 0 radical (unpaired) electrons. The van der Waals surface area contributed by atoms with Crippen LogP contribution >= 0.6 is 0 Å². The van der Waals surface area contributed by atoms with Crippen molar-refractivity contribution in [1.29, 1.82) is 0 Å².